The van der Waals surface area contributed by atoms with Crippen molar-refractivity contribution in [3.63, 3.8) is 0 Å². The third-order valence-corrected chi connectivity index (χ3v) is 4.52. The molecule has 0 amide bonds. The molecule has 0 unspecified atom stereocenters. The van der Waals surface area contributed by atoms with E-state index in [1.807, 2.05) is 12.4 Å². The molecule has 0 spiro atoms. The minimum absolute atomic E-state index is 0.492. The molecule has 2 rings (SSSR count). The van der Waals surface area contributed by atoms with Gasteiger partial charge in [0.1, 0.15) is 5.82 Å². The van der Waals surface area contributed by atoms with Crippen molar-refractivity contribution < 1.29 is 4.74 Å². The Morgan fingerprint density at radius 2 is 2.12 bits per heavy atom. The summed E-state index contributed by atoms with van der Waals surface area (Å²) in [5, 5.41) is 6.69. The van der Waals surface area contributed by atoms with Crippen molar-refractivity contribution in [2.24, 2.45) is 10.9 Å². The van der Waals surface area contributed by atoms with E-state index in [4.69, 9.17) is 4.74 Å². The molecular formula is C19H35N5O. The van der Waals surface area contributed by atoms with E-state index in [2.05, 4.69) is 39.0 Å². The van der Waals surface area contributed by atoms with Crippen LogP contribution in [0.25, 0.3) is 0 Å². The number of nitrogens with one attached hydrogen (secondary N) is 2. The highest BCUT2D eigenvalue weighted by Crippen LogP contribution is 2.20. The number of rotatable bonds is 9. The molecule has 6 heteroatoms. The van der Waals surface area contributed by atoms with Gasteiger partial charge in [-0.1, -0.05) is 33.1 Å². The van der Waals surface area contributed by atoms with Crippen molar-refractivity contribution in [2.75, 3.05) is 20.2 Å². The van der Waals surface area contributed by atoms with Crippen molar-refractivity contribution in [3.8, 4) is 0 Å². The largest absolute Gasteiger partial charge is 0.378 e. The van der Waals surface area contributed by atoms with Gasteiger partial charge in [-0.25, -0.2) is 4.98 Å². The summed E-state index contributed by atoms with van der Waals surface area (Å²) in [5.41, 5.74) is 0. The summed E-state index contributed by atoms with van der Waals surface area (Å²) in [7, 11) is 1.80. The number of nitrogens with zero attached hydrogens (tertiary/aromatic N) is 3. The number of ether oxygens (including phenoxy) is 1. The lowest BCUT2D eigenvalue weighted by atomic mass is 9.98. The molecule has 0 atom stereocenters. The molecule has 0 radical (unpaired) electrons. The van der Waals surface area contributed by atoms with Crippen LogP contribution in [-0.2, 0) is 17.8 Å². The van der Waals surface area contributed by atoms with Crippen LogP contribution in [0.5, 0.6) is 0 Å². The van der Waals surface area contributed by atoms with Crippen LogP contribution in [0.15, 0.2) is 17.4 Å². The first-order valence-electron chi connectivity index (χ1n) is 9.75. The number of aromatic nitrogens is 2. The third kappa shape index (κ3) is 7.46. The lowest BCUT2D eigenvalue weighted by Crippen LogP contribution is -2.38. The van der Waals surface area contributed by atoms with Crippen LogP contribution in [0.2, 0.25) is 0 Å². The minimum Gasteiger partial charge on any atom is -0.378 e. The maximum absolute atomic E-state index is 5.96. The summed E-state index contributed by atoms with van der Waals surface area (Å²) >= 11 is 0. The first-order chi connectivity index (χ1) is 12.2. The number of hydrogen-bond donors (Lipinski definition) is 2. The lowest BCUT2D eigenvalue weighted by molar-refractivity contribution is 0.0277. The van der Waals surface area contributed by atoms with Gasteiger partial charge in [-0.05, 0) is 25.2 Å². The molecule has 1 heterocycles. The average molecular weight is 350 g/mol. The van der Waals surface area contributed by atoms with Crippen LogP contribution < -0.4 is 10.6 Å². The third-order valence-electron chi connectivity index (χ3n) is 4.52. The molecule has 1 aromatic heterocycles. The number of hydrogen-bond acceptors (Lipinski definition) is 3. The monoisotopic (exact) mass is 349 g/mol. The molecule has 1 aliphatic rings. The highest BCUT2D eigenvalue weighted by atomic mass is 16.5. The standard InChI is InChI=1S/C19H35N5O/c1-16(2)15-24-12-11-21-18(24)14-23-19(20-3)22-10-7-13-25-17-8-5-4-6-9-17/h11-12,16-17H,4-10,13-15H2,1-3H3,(H2,20,22,23). The molecule has 1 aromatic rings. The molecule has 25 heavy (non-hydrogen) atoms. The fraction of sp³-hybridized carbons (Fsp3) is 0.789. The number of guanidine groups is 1. The van der Waals surface area contributed by atoms with Crippen molar-refractivity contribution >= 4 is 5.96 Å². The van der Waals surface area contributed by atoms with Gasteiger partial charge in [-0.2, -0.15) is 0 Å². The van der Waals surface area contributed by atoms with E-state index in [0.717, 1.165) is 37.9 Å². The van der Waals surface area contributed by atoms with E-state index in [0.29, 0.717) is 18.6 Å². The second-order valence-corrected chi connectivity index (χ2v) is 7.23. The van der Waals surface area contributed by atoms with Gasteiger partial charge in [-0.3, -0.25) is 4.99 Å². The van der Waals surface area contributed by atoms with Gasteiger partial charge in [0.25, 0.3) is 0 Å². The van der Waals surface area contributed by atoms with Gasteiger partial charge in [0.15, 0.2) is 5.96 Å². The molecular weight excluding hydrogens is 314 g/mol. The smallest absolute Gasteiger partial charge is 0.191 e. The topological polar surface area (TPSA) is 63.5 Å². The van der Waals surface area contributed by atoms with Gasteiger partial charge in [0.2, 0.25) is 0 Å². The second kappa shape index (κ2) is 11.1. The summed E-state index contributed by atoms with van der Waals surface area (Å²) in [6.07, 6.45) is 11.9. The Hall–Kier alpha value is -1.56. The van der Waals surface area contributed by atoms with Crippen LogP contribution >= 0.6 is 0 Å². The van der Waals surface area contributed by atoms with Crippen molar-refractivity contribution in [1.29, 1.82) is 0 Å². The predicted molar refractivity (Wildman–Crippen MR) is 103 cm³/mol. The van der Waals surface area contributed by atoms with E-state index in [9.17, 15) is 0 Å². The van der Waals surface area contributed by atoms with Crippen LogP contribution in [-0.4, -0.2) is 41.8 Å². The molecule has 0 aromatic carbocycles. The van der Waals surface area contributed by atoms with E-state index in [1.54, 1.807) is 7.05 Å². The SMILES string of the molecule is CN=C(NCCCOC1CCCCC1)NCc1nccn1CC(C)C. The zero-order valence-corrected chi connectivity index (χ0v) is 16.1. The fourth-order valence-electron chi connectivity index (χ4n) is 3.21. The van der Waals surface area contributed by atoms with Crippen LogP contribution in [0.1, 0.15) is 58.2 Å². The van der Waals surface area contributed by atoms with Gasteiger partial charge in [-0.15, -0.1) is 0 Å². The summed E-state index contributed by atoms with van der Waals surface area (Å²) in [6.45, 7) is 7.79. The Morgan fingerprint density at radius 3 is 2.84 bits per heavy atom. The van der Waals surface area contributed by atoms with Crippen molar-refractivity contribution in [2.45, 2.75) is 71.6 Å². The van der Waals surface area contributed by atoms with E-state index in [-0.39, 0.29) is 0 Å². The molecule has 1 fully saturated rings. The Kier molecular flexibility index (Phi) is 8.80. The molecule has 1 aliphatic carbocycles. The number of imidazole rings is 1. The number of aliphatic imine (C=N–C) groups is 1. The van der Waals surface area contributed by atoms with Gasteiger partial charge >= 0.3 is 0 Å². The first-order valence-corrected chi connectivity index (χ1v) is 9.75. The maximum atomic E-state index is 5.96. The molecule has 0 bridgehead atoms. The first kappa shape index (κ1) is 19.8. The molecule has 142 valence electrons. The van der Waals surface area contributed by atoms with Crippen LogP contribution in [0.4, 0.5) is 0 Å². The summed E-state index contributed by atoms with van der Waals surface area (Å²) in [6, 6.07) is 0. The van der Waals surface area contributed by atoms with Gasteiger partial charge in [0, 0.05) is 39.1 Å². The van der Waals surface area contributed by atoms with Gasteiger partial charge in [0.05, 0.1) is 12.6 Å². The quantitative estimate of drug-likeness (QED) is 0.409. The summed E-state index contributed by atoms with van der Waals surface area (Å²) in [5.74, 6) is 2.46. The zero-order valence-electron chi connectivity index (χ0n) is 16.1. The highest BCUT2D eigenvalue weighted by molar-refractivity contribution is 5.79. The summed E-state index contributed by atoms with van der Waals surface area (Å²) < 4.78 is 8.15. The molecule has 0 aliphatic heterocycles. The average Bonchev–Trinajstić information content (AvgIpc) is 3.04. The molecule has 6 nitrogen and oxygen atoms in total. The Labute approximate surface area is 152 Å². The van der Waals surface area contributed by atoms with E-state index < -0.39 is 0 Å². The van der Waals surface area contributed by atoms with Gasteiger partial charge < -0.3 is 19.9 Å². The Bertz CT molecular complexity index is 506. The van der Waals surface area contributed by atoms with E-state index >= 15 is 0 Å². The highest BCUT2D eigenvalue weighted by Gasteiger charge is 2.13. The molecule has 2 N–H and O–H groups in total. The second-order valence-electron chi connectivity index (χ2n) is 7.23. The van der Waals surface area contributed by atoms with E-state index in [1.165, 1.54) is 32.1 Å². The van der Waals surface area contributed by atoms with Crippen LogP contribution in [0.3, 0.4) is 0 Å². The molecule has 1 saturated carbocycles. The van der Waals surface area contributed by atoms with Crippen molar-refractivity contribution in [1.82, 2.24) is 20.2 Å². The Morgan fingerprint density at radius 1 is 1.32 bits per heavy atom. The van der Waals surface area contributed by atoms with Crippen LogP contribution in [0, 0.1) is 5.92 Å². The minimum atomic E-state index is 0.492. The Balaban J connectivity index is 1.61. The van der Waals surface area contributed by atoms with Crippen molar-refractivity contribution in [3.05, 3.63) is 18.2 Å². The zero-order chi connectivity index (χ0) is 17.9. The molecule has 0 saturated heterocycles. The lowest BCUT2D eigenvalue weighted by Gasteiger charge is -2.22. The predicted octanol–water partition coefficient (Wildman–Crippen LogP) is 2.94. The normalized spacial score (nSPS) is 16.4. The summed E-state index contributed by atoms with van der Waals surface area (Å²) in [4.78, 5) is 8.72. The fourth-order valence-corrected chi connectivity index (χ4v) is 3.21. The maximum Gasteiger partial charge on any atom is 0.191 e.